The number of nitrogens with one attached hydrogen (secondary N) is 3. The molecule has 2 aromatic carbocycles. The minimum Gasteiger partial charge on any atom is -0.361 e. The molecule has 0 saturated heterocycles. The molecule has 30 heavy (non-hydrogen) atoms. The van der Waals surface area contributed by atoms with E-state index in [2.05, 4.69) is 39.9 Å². The summed E-state index contributed by atoms with van der Waals surface area (Å²) in [6.07, 6.45) is 7.31. The second kappa shape index (κ2) is 9.61. The summed E-state index contributed by atoms with van der Waals surface area (Å²) in [5.74, 6) is -0.0452. The van der Waals surface area contributed by atoms with Gasteiger partial charge in [-0.05, 0) is 30.0 Å². The lowest BCUT2D eigenvalue weighted by molar-refractivity contribution is -0.129. The lowest BCUT2D eigenvalue weighted by Gasteiger charge is -2.21. The van der Waals surface area contributed by atoms with Crippen molar-refractivity contribution in [1.29, 1.82) is 0 Å². The first-order valence-corrected chi connectivity index (χ1v) is 10.9. The van der Waals surface area contributed by atoms with Gasteiger partial charge in [0, 0.05) is 35.5 Å². The Labute approximate surface area is 177 Å². The molecule has 3 aromatic rings. The number of hydrogen-bond acceptors (Lipinski definition) is 2. The zero-order valence-electron chi connectivity index (χ0n) is 17.2. The van der Waals surface area contributed by atoms with Gasteiger partial charge in [0.25, 0.3) is 0 Å². The highest BCUT2D eigenvalue weighted by molar-refractivity contribution is 5.86. The molecular formula is C25H29N3O2. The van der Waals surface area contributed by atoms with E-state index in [1.807, 2.05) is 36.5 Å². The first-order valence-electron chi connectivity index (χ1n) is 10.9. The summed E-state index contributed by atoms with van der Waals surface area (Å²) in [7, 11) is 0. The zero-order valence-corrected chi connectivity index (χ0v) is 17.2. The molecule has 1 aromatic heterocycles. The molecule has 1 saturated carbocycles. The predicted octanol–water partition coefficient (Wildman–Crippen LogP) is 4.11. The summed E-state index contributed by atoms with van der Waals surface area (Å²) in [6.45, 7) is 0.509. The summed E-state index contributed by atoms with van der Waals surface area (Å²) in [5, 5.41) is 7.01. The van der Waals surface area contributed by atoms with Crippen LogP contribution < -0.4 is 10.6 Å². The molecule has 3 N–H and O–H groups in total. The SMILES string of the molecule is O=C(CNC(=O)C1CCCCC1)NCC(c1ccccc1)c1c[nH]c2ccccc12. The van der Waals surface area contributed by atoms with Gasteiger partial charge in [-0.25, -0.2) is 0 Å². The number of aromatic amines is 1. The van der Waals surface area contributed by atoms with Crippen molar-refractivity contribution >= 4 is 22.7 Å². The van der Waals surface area contributed by atoms with Gasteiger partial charge in [0.05, 0.1) is 6.54 Å². The van der Waals surface area contributed by atoms with Crippen LogP contribution in [0.5, 0.6) is 0 Å². The number of fused-ring (bicyclic) bond motifs is 1. The van der Waals surface area contributed by atoms with Crippen molar-refractivity contribution in [3.8, 4) is 0 Å². The Morgan fingerprint density at radius 2 is 1.67 bits per heavy atom. The van der Waals surface area contributed by atoms with Gasteiger partial charge in [-0.15, -0.1) is 0 Å². The third-order valence-corrected chi connectivity index (χ3v) is 6.10. The molecule has 0 bridgehead atoms. The van der Waals surface area contributed by atoms with Crippen molar-refractivity contribution < 1.29 is 9.59 Å². The second-order valence-electron chi connectivity index (χ2n) is 8.11. The van der Waals surface area contributed by atoms with Crippen LogP contribution in [0.2, 0.25) is 0 Å². The Hall–Kier alpha value is -3.08. The third-order valence-electron chi connectivity index (χ3n) is 6.10. The van der Waals surface area contributed by atoms with E-state index in [1.165, 1.54) is 6.42 Å². The molecule has 1 unspecified atom stereocenters. The Balaban J connectivity index is 1.41. The average Bonchev–Trinajstić information content (AvgIpc) is 3.23. The van der Waals surface area contributed by atoms with Crippen molar-refractivity contribution in [2.75, 3.05) is 13.1 Å². The van der Waals surface area contributed by atoms with E-state index in [-0.39, 0.29) is 30.2 Å². The van der Waals surface area contributed by atoms with E-state index in [9.17, 15) is 9.59 Å². The minimum atomic E-state index is -0.153. The van der Waals surface area contributed by atoms with Gasteiger partial charge in [0.15, 0.2) is 0 Å². The lowest BCUT2D eigenvalue weighted by Crippen LogP contribution is -2.41. The van der Waals surface area contributed by atoms with Gasteiger partial charge in [0.2, 0.25) is 11.8 Å². The third kappa shape index (κ3) is 4.73. The summed E-state index contributed by atoms with van der Waals surface area (Å²) in [5.41, 5.74) is 3.39. The standard InChI is InChI=1S/C25H29N3O2/c29-24(17-28-25(30)19-11-5-2-6-12-19)27-15-21(18-9-3-1-4-10-18)22-16-26-23-14-8-7-13-20(22)23/h1,3-4,7-10,13-14,16,19,21,26H,2,5-6,11-12,15,17H2,(H,27,29)(H,28,30). The Kier molecular flexibility index (Phi) is 6.47. The number of carbonyl (C=O) groups excluding carboxylic acids is 2. The molecule has 0 spiro atoms. The molecule has 1 aliphatic carbocycles. The molecule has 1 heterocycles. The van der Waals surface area contributed by atoms with E-state index in [4.69, 9.17) is 0 Å². The molecule has 1 aliphatic rings. The fourth-order valence-corrected chi connectivity index (χ4v) is 4.43. The number of para-hydroxylation sites is 1. The van der Waals surface area contributed by atoms with Crippen molar-refractivity contribution in [2.45, 2.75) is 38.0 Å². The fourth-order valence-electron chi connectivity index (χ4n) is 4.43. The maximum Gasteiger partial charge on any atom is 0.239 e. The lowest BCUT2D eigenvalue weighted by atomic mass is 9.89. The number of hydrogen-bond donors (Lipinski definition) is 3. The van der Waals surface area contributed by atoms with Gasteiger partial charge < -0.3 is 15.6 Å². The monoisotopic (exact) mass is 403 g/mol. The van der Waals surface area contributed by atoms with E-state index >= 15 is 0 Å². The van der Waals surface area contributed by atoms with Crippen LogP contribution in [0, 0.1) is 5.92 Å². The molecule has 1 atom stereocenters. The predicted molar refractivity (Wildman–Crippen MR) is 119 cm³/mol. The van der Waals surface area contributed by atoms with Crippen LogP contribution in [-0.4, -0.2) is 29.9 Å². The molecule has 5 nitrogen and oxygen atoms in total. The van der Waals surface area contributed by atoms with Crippen LogP contribution in [-0.2, 0) is 9.59 Å². The van der Waals surface area contributed by atoms with E-state index in [0.717, 1.165) is 47.7 Å². The fraction of sp³-hybridized carbons (Fsp3) is 0.360. The zero-order chi connectivity index (χ0) is 20.8. The second-order valence-corrected chi connectivity index (χ2v) is 8.11. The van der Waals surface area contributed by atoms with Crippen LogP contribution in [0.4, 0.5) is 0 Å². The topological polar surface area (TPSA) is 74.0 Å². The van der Waals surface area contributed by atoms with Gasteiger partial charge >= 0.3 is 0 Å². The van der Waals surface area contributed by atoms with Crippen LogP contribution in [0.25, 0.3) is 10.9 Å². The van der Waals surface area contributed by atoms with Crippen LogP contribution >= 0.6 is 0 Å². The highest BCUT2D eigenvalue weighted by Gasteiger charge is 2.22. The molecule has 0 radical (unpaired) electrons. The quantitative estimate of drug-likeness (QED) is 0.555. The maximum absolute atomic E-state index is 12.5. The molecule has 5 heteroatoms. The van der Waals surface area contributed by atoms with E-state index in [0.29, 0.717) is 6.54 Å². The minimum absolute atomic E-state index is 0.0149. The molecule has 0 aliphatic heterocycles. The normalized spacial score (nSPS) is 15.6. The van der Waals surface area contributed by atoms with Gasteiger partial charge in [-0.3, -0.25) is 9.59 Å². The van der Waals surface area contributed by atoms with Gasteiger partial charge in [0.1, 0.15) is 0 Å². The smallest absolute Gasteiger partial charge is 0.239 e. The van der Waals surface area contributed by atoms with Crippen molar-refractivity contribution in [3.63, 3.8) is 0 Å². The molecular weight excluding hydrogens is 374 g/mol. The highest BCUT2D eigenvalue weighted by Crippen LogP contribution is 2.30. The summed E-state index contributed by atoms with van der Waals surface area (Å²) < 4.78 is 0. The van der Waals surface area contributed by atoms with Crippen molar-refractivity contribution in [1.82, 2.24) is 15.6 Å². The Bertz CT molecular complexity index is 990. The molecule has 156 valence electrons. The van der Waals surface area contributed by atoms with Crippen molar-refractivity contribution in [2.24, 2.45) is 5.92 Å². The molecule has 4 rings (SSSR count). The number of carbonyl (C=O) groups is 2. The van der Waals surface area contributed by atoms with Gasteiger partial charge in [-0.2, -0.15) is 0 Å². The average molecular weight is 404 g/mol. The Morgan fingerprint density at radius 1 is 0.933 bits per heavy atom. The first-order chi connectivity index (χ1) is 14.7. The Morgan fingerprint density at radius 3 is 2.47 bits per heavy atom. The number of rotatable bonds is 7. The first kappa shape index (κ1) is 20.2. The summed E-state index contributed by atoms with van der Waals surface area (Å²) >= 11 is 0. The van der Waals surface area contributed by atoms with E-state index < -0.39 is 0 Å². The van der Waals surface area contributed by atoms with Crippen molar-refractivity contribution in [3.05, 3.63) is 71.9 Å². The van der Waals surface area contributed by atoms with Crippen LogP contribution in [0.1, 0.15) is 49.1 Å². The van der Waals surface area contributed by atoms with Crippen LogP contribution in [0.15, 0.2) is 60.8 Å². The number of benzene rings is 2. The molecule has 2 amide bonds. The summed E-state index contributed by atoms with van der Waals surface area (Å²) in [6, 6.07) is 18.4. The van der Waals surface area contributed by atoms with Gasteiger partial charge in [-0.1, -0.05) is 67.8 Å². The maximum atomic E-state index is 12.5. The molecule has 1 fully saturated rings. The summed E-state index contributed by atoms with van der Waals surface area (Å²) in [4.78, 5) is 28.1. The number of amides is 2. The van der Waals surface area contributed by atoms with Crippen LogP contribution in [0.3, 0.4) is 0 Å². The van der Waals surface area contributed by atoms with E-state index in [1.54, 1.807) is 0 Å². The largest absolute Gasteiger partial charge is 0.361 e. The highest BCUT2D eigenvalue weighted by atomic mass is 16.2. The number of H-pyrrole nitrogens is 1. The number of aromatic nitrogens is 1.